The van der Waals surface area contributed by atoms with Crippen molar-refractivity contribution < 1.29 is 4.79 Å². The van der Waals surface area contributed by atoms with Crippen LogP contribution < -0.4 is 10.6 Å². The summed E-state index contributed by atoms with van der Waals surface area (Å²) in [6.07, 6.45) is 24.8. The number of carbonyl (C=O) groups is 1. The van der Waals surface area contributed by atoms with E-state index in [1.807, 2.05) is 0 Å². The van der Waals surface area contributed by atoms with Crippen molar-refractivity contribution in [2.45, 2.75) is 116 Å². The molecule has 0 unspecified atom stereocenters. The van der Waals surface area contributed by atoms with E-state index in [0.29, 0.717) is 12.5 Å². The van der Waals surface area contributed by atoms with Crippen molar-refractivity contribution in [2.75, 3.05) is 13.1 Å². The van der Waals surface area contributed by atoms with Crippen molar-refractivity contribution in [1.29, 1.82) is 0 Å². The van der Waals surface area contributed by atoms with Crippen LogP contribution >= 0.6 is 0 Å². The summed E-state index contributed by atoms with van der Waals surface area (Å²) in [7, 11) is 0. The number of unbranched alkanes of at least 4 members (excludes halogenated alkanes) is 11. The number of rotatable bonds is 17. The van der Waals surface area contributed by atoms with E-state index in [1.54, 1.807) is 0 Å². The average molecular weight is 365 g/mol. The highest BCUT2D eigenvalue weighted by molar-refractivity contribution is 5.75. The number of nitrogens with one attached hydrogen (secondary N) is 2. The molecule has 0 bridgehead atoms. The number of allylic oxidation sites excluding steroid dienone is 2. The summed E-state index contributed by atoms with van der Waals surface area (Å²) in [6, 6.07) is 0.507. The molecular formula is C23H44N2O. The fourth-order valence-electron chi connectivity index (χ4n) is 3.61. The molecule has 1 aliphatic rings. The Morgan fingerprint density at radius 2 is 1.54 bits per heavy atom. The highest BCUT2D eigenvalue weighted by atomic mass is 16.1. The Kier molecular flexibility index (Phi) is 15.7. The predicted molar refractivity (Wildman–Crippen MR) is 113 cm³/mol. The summed E-state index contributed by atoms with van der Waals surface area (Å²) in [5.41, 5.74) is 0. The van der Waals surface area contributed by atoms with Crippen LogP contribution in [0, 0.1) is 0 Å². The first-order chi connectivity index (χ1) is 12.8. The fourth-order valence-corrected chi connectivity index (χ4v) is 3.61. The third-order valence-electron chi connectivity index (χ3n) is 5.37. The van der Waals surface area contributed by atoms with Gasteiger partial charge >= 0.3 is 0 Å². The monoisotopic (exact) mass is 364 g/mol. The van der Waals surface area contributed by atoms with Gasteiger partial charge in [-0.2, -0.15) is 0 Å². The van der Waals surface area contributed by atoms with Crippen LogP contribution in [0.25, 0.3) is 0 Å². The van der Waals surface area contributed by atoms with Gasteiger partial charge in [0.2, 0.25) is 5.91 Å². The van der Waals surface area contributed by atoms with Crippen LogP contribution in [0.3, 0.4) is 0 Å². The Bertz CT molecular complexity index is 348. The molecule has 0 aromatic rings. The van der Waals surface area contributed by atoms with Gasteiger partial charge < -0.3 is 10.6 Å². The van der Waals surface area contributed by atoms with Gasteiger partial charge in [0.1, 0.15) is 0 Å². The molecule has 0 radical (unpaired) electrons. The molecule has 1 amide bonds. The summed E-state index contributed by atoms with van der Waals surface area (Å²) in [5.74, 6) is 0.233. The molecule has 1 saturated heterocycles. The van der Waals surface area contributed by atoms with Gasteiger partial charge in [-0.05, 0) is 51.5 Å². The van der Waals surface area contributed by atoms with Gasteiger partial charge in [-0.3, -0.25) is 4.79 Å². The van der Waals surface area contributed by atoms with Crippen molar-refractivity contribution in [3.05, 3.63) is 12.2 Å². The normalized spacial score (nSPS) is 17.2. The lowest BCUT2D eigenvalue weighted by Crippen LogP contribution is -2.37. The van der Waals surface area contributed by atoms with Crippen LogP contribution in [0.5, 0.6) is 0 Å². The van der Waals surface area contributed by atoms with Crippen LogP contribution in [0.2, 0.25) is 0 Å². The lowest BCUT2D eigenvalue weighted by Gasteiger charge is -2.11. The summed E-state index contributed by atoms with van der Waals surface area (Å²) >= 11 is 0. The minimum atomic E-state index is 0.233. The molecule has 3 heteroatoms. The van der Waals surface area contributed by atoms with Gasteiger partial charge in [0.05, 0.1) is 0 Å². The van der Waals surface area contributed by atoms with Gasteiger partial charge in [0.25, 0.3) is 0 Å². The first-order valence-electron chi connectivity index (χ1n) is 11.5. The minimum absolute atomic E-state index is 0.233. The van der Waals surface area contributed by atoms with E-state index < -0.39 is 0 Å². The van der Waals surface area contributed by atoms with Crippen molar-refractivity contribution in [2.24, 2.45) is 0 Å². The molecule has 0 aromatic carbocycles. The Morgan fingerprint density at radius 3 is 2.15 bits per heavy atom. The van der Waals surface area contributed by atoms with Crippen LogP contribution in [0.1, 0.15) is 110 Å². The van der Waals surface area contributed by atoms with E-state index in [-0.39, 0.29) is 5.91 Å². The van der Waals surface area contributed by atoms with Crippen molar-refractivity contribution >= 4 is 5.91 Å². The molecule has 0 spiro atoms. The lowest BCUT2D eigenvalue weighted by atomic mass is 10.1. The van der Waals surface area contributed by atoms with E-state index in [2.05, 4.69) is 29.7 Å². The second-order valence-electron chi connectivity index (χ2n) is 7.93. The Balaban J connectivity index is 1.76. The van der Waals surface area contributed by atoms with Crippen LogP contribution in [-0.4, -0.2) is 25.0 Å². The maximum Gasteiger partial charge on any atom is 0.220 e. The second-order valence-corrected chi connectivity index (χ2v) is 7.93. The summed E-state index contributed by atoms with van der Waals surface area (Å²) in [4.78, 5) is 11.8. The molecule has 0 aromatic heterocycles. The van der Waals surface area contributed by atoms with Crippen molar-refractivity contribution in [3.63, 3.8) is 0 Å². The van der Waals surface area contributed by atoms with Crippen LogP contribution in [0.4, 0.5) is 0 Å². The van der Waals surface area contributed by atoms with Crippen LogP contribution in [0.15, 0.2) is 12.2 Å². The number of amides is 1. The third-order valence-corrected chi connectivity index (χ3v) is 5.37. The van der Waals surface area contributed by atoms with E-state index in [4.69, 9.17) is 0 Å². The Labute approximate surface area is 162 Å². The number of hydrogen-bond donors (Lipinski definition) is 2. The zero-order valence-electron chi connectivity index (χ0n) is 17.4. The standard InChI is InChI=1S/C23H44N2O/c1-2-3-4-5-6-7-8-9-10-11-12-13-14-15-16-19-23(26)25-21-22-18-17-20-24-22/h9-10,22,24H,2-8,11-21H2,1H3,(H,25,26)/b10-9-/t22-/m1/s1. The van der Waals surface area contributed by atoms with E-state index in [9.17, 15) is 4.79 Å². The highest BCUT2D eigenvalue weighted by Gasteiger charge is 2.14. The Morgan fingerprint density at radius 1 is 0.923 bits per heavy atom. The molecule has 3 nitrogen and oxygen atoms in total. The number of hydrogen-bond acceptors (Lipinski definition) is 2. The molecule has 2 N–H and O–H groups in total. The minimum Gasteiger partial charge on any atom is -0.355 e. The summed E-state index contributed by atoms with van der Waals surface area (Å²) in [6.45, 7) is 4.19. The summed E-state index contributed by atoms with van der Waals surface area (Å²) < 4.78 is 0. The van der Waals surface area contributed by atoms with Gasteiger partial charge in [0, 0.05) is 19.0 Å². The largest absolute Gasteiger partial charge is 0.355 e. The highest BCUT2D eigenvalue weighted by Crippen LogP contribution is 2.10. The van der Waals surface area contributed by atoms with Gasteiger partial charge in [-0.1, -0.05) is 70.4 Å². The van der Waals surface area contributed by atoms with Crippen LogP contribution in [-0.2, 0) is 4.79 Å². The molecular weight excluding hydrogens is 320 g/mol. The molecule has 1 aliphatic heterocycles. The van der Waals surface area contributed by atoms with Gasteiger partial charge in [0.15, 0.2) is 0 Å². The van der Waals surface area contributed by atoms with Gasteiger partial charge in [-0.15, -0.1) is 0 Å². The number of carbonyl (C=O) groups excluding carboxylic acids is 1. The second kappa shape index (κ2) is 17.6. The molecule has 1 atom stereocenters. The fraction of sp³-hybridized carbons (Fsp3) is 0.870. The molecule has 26 heavy (non-hydrogen) atoms. The predicted octanol–water partition coefficient (Wildman–Crippen LogP) is 5.89. The molecule has 1 heterocycles. The first-order valence-corrected chi connectivity index (χ1v) is 11.5. The topological polar surface area (TPSA) is 41.1 Å². The molecule has 1 fully saturated rings. The molecule has 0 aliphatic carbocycles. The van der Waals surface area contributed by atoms with Crippen molar-refractivity contribution in [1.82, 2.24) is 10.6 Å². The third kappa shape index (κ3) is 14.4. The molecule has 152 valence electrons. The lowest BCUT2D eigenvalue weighted by molar-refractivity contribution is -0.121. The SMILES string of the molecule is CCCCCCCC/C=C\CCCCCCCC(=O)NC[C@H]1CCCN1. The quantitative estimate of drug-likeness (QED) is 0.249. The average Bonchev–Trinajstić information content (AvgIpc) is 3.17. The molecule has 1 rings (SSSR count). The van der Waals surface area contributed by atoms with E-state index in [1.165, 1.54) is 89.9 Å². The maximum atomic E-state index is 11.8. The summed E-state index contributed by atoms with van der Waals surface area (Å²) in [5, 5.41) is 6.48. The van der Waals surface area contributed by atoms with E-state index in [0.717, 1.165) is 19.5 Å². The zero-order valence-corrected chi connectivity index (χ0v) is 17.4. The molecule has 0 saturated carbocycles. The zero-order chi connectivity index (χ0) is 18.7. The van der Waals surface area contributed by atoms with E-state index >= 15 is 0 Å². The maximum absolute atomic E-state index is 11.8. The van der Waals surface area contributed by atoms with Crippen molar-refractivity contribution in [3.8, 4) is 0 Å². The Hall–Kier alpha value is -0.830. The smallest absolute Gasteiger partial charge is 0.220 e. The first kappa shape index (κ1) is 23.2. The van der Waals surface area contributed by atoms with Gasteiger partial charge in [-0.25, -0.2) is 0 Å².